The van der Waals surface area contributed by atoms with E-state index in [0.717, 1.165) is 25.8 Å². The van der Waals surface area contributed by atoms with Crippen LogP contribution >= 0.6 is 27.3 Å². The fourth-order valence-corrected chi connectivity index (χ4v) is 5.64. The molecule has 1 fully saturated rings. The number of thiazole rings is 1. The van der Waals surface area contributed by atoms with Crippen molar-refractivity contribution in [2.45, 2.75) is 19.9 Å². The Morgan fingerprint density at radius 1 is 1.03 bits per heavy atom. The lowest BCUT2D eigenvalue weighted by Crippen LogP contribution is -2.29. The number of anilines is 1. The van der Waals surface area contributed by atoms with Gasteiger partial charge in [0, 0.05) is 10.0 Å². The van der Waals surface area contributed by atoms with Gasteiger partial charge in [-0.15, -0.1) is 0 Å². The molecule has 0 saturated carbocycles. The van der Waals surface area contributed by atoms with Gasteiger partial charge in [0.1, 0.15) is 5.76 Å². The van der Waals surface area contributed by atoms with Crippen molar-refractivity contribution in [2.24, 2.45) is 0 Å². The highest BCUT2D eigenvalue weighted by Gasteiger charge is 2.48. The van der Waals surface area contributed by atoms with Gasteiger partial charge < -0.3 is 5.11 Å². The normalized spacial score (nSPS) is 17.8. The van der Waals surface area contributed by atoms with E-state index in [1.165, 1.54) is 16.2 Å². The third kappa shape index (κ3) is 3.67. The van der Waals surface area contributed by atoms with Crippen LogP contribution in [0, 0.1) is 13.8 Å². The second-order valence-corrected chi connectivity index (χ2v) is 9.94. The highest BCUT2D eigenvalue weighted by Crippen LogP contribution is 2.44. The Morgan fingerprint density at radius 3 is 2.42 bits per heavy atom. The van der Waals surface area contributed by atoms with E-state index in [2.05, 4.69) is 15.9 Å². The number of aryl methyl sites for hydroxylation is 2. The number of nitrogens with zero attached hydrogens (tertiary/aromatic N) is 2. The van der Waals surface area contributed by atoms with E-state index in [1.54, 1.807) is 24.3 Å². The van der Waals surface area contributed by atoms with Crippen molar-refractivity contribution < 1.29 is 14.7 Å². The number of rotatable bonds is 3. The largest absolute Gasteiger partial charge is 0.507 e. The number of fused-ring (bicyclic) bond motifs is 1. The van der Waals surface area contributed by atoms with Gasteiger partial charge in [0.25, 0.3) is 5.78 Å². The van der Waals surface area contributed by atoms with Gasteiger partial charge in [0.2, 0.25) is 0 Å². The van der Waals surface area contributed by atoms with Gasteiger partial charge in [-0.2, -0.15) is 0 Å². The van der Waals surface area contributed by atoms with Crippen LogP contribution in [0.15, 0.2) is 76.8 Å². The molecule has 0 radical (unpaired) electrons. The van der Waals surface area contributed by atoms with Gasteiger partial charge in [-0.1, -0.05) is 75.8 Å². The number of carbonyl (C=O) groups is 2. The van der Waals surface area contributed by atoms with Gasteiger partial charge >= 0.3 is 5.91 Å². The Kier molecular flexibility index (Phi) is 5.38. The zero-order valence-corrected chi connectivity index (χ0v) is 20.3. The van der Waals surface area contributed by atoms with Gasteiger partial charge in [-0.3, -0.25) is 14.5 Å². The Morgan fingerprint density at radius 2 is 1.73 bits per heavy atom. The van der Waals surface area contributed by atoms with Crippen LogP contribution < -0.4 is 4.90 Å². The number of aliphatic hydroxyl groups excluding tert-OH is 1. The minimum absolute atomic E-state index is 0.0562. The van der Waals surface area contributed by atoms with E-state index in [0.29, 0.717) is 16.3 Å². The quantitative estimate of drug-likeness (QED) is 0.196. The van der Waals surface area contributed by atoms with Crippen LogP contribution in [0.5, 0.6) is 0 Å². The Bertz CT molecular complexity index is 1440. The molecule has 33 heavy (non-hydrogen) atoms. The maximum atomic E-state index is 13.3. The molecule has 1 aromatic heterocycles. The summed E-state index contributed by atoms with van der Waals surface area (Å²) >= 11 is 4.81. The second kappa shape index (κ2) is 8.24. The highest BCUT2D eigenvalue weighted by atomic mass is 79.9. The molecule has 2 heterocycles. The summed E-state index contributed by atoms with van der Waals surface area (Å²) in [6.45, 7) is 3.99. The zero-order valence-electron chi connectivity index (χ0n) is 17.9. The maximum absolute atomic E-state index is 13.3. The first kappa shape index (κ1) is 21.6. The number of benzene rings is 3. The van der Waals surface area contributed by atoms with Gasteiger partial charge in [0.15, 0.2) is 5.13 Å². The maximum Gasteiger partial charge on any atom is 0.301 e. The van der Waals surface area contributed by atoms with Crippen LogP contribution in [0.25, 0.3) is 16.0 Å². The molecular formula is C26H19BrN2O3S. The van der Waals surface area contributed by atoms with E-state index in [1.807, 2.05) is 56.3 Å². The summed E-state index contributed by atoms with van der Waals surface area (Å²) in [5, 5.41) is 11.6. The minimum Gasteiger partial charge on any atom is -0.507 e. The van der Waals surface area contributed by atoms with Crippen molar-refractivity contribution in [2.75, 3.05) is 4.90 Å². The summed E-state index contributed by atoms with van der Waals surface area (Å²) in [4.78, 5) is 32.7. The lowest BCUT2D eigenvalue weighted by molar-refractivity contribution is -0.132. The highest BCUT2D eigenvalue weighted by molar-refractivity contribution is 9.10. The molecule has 0 unspecified atom stereocenters. The van der Waals surface area contributed by atoms with Crippen molar-refractivity contribution in [1.82, 2.24) is 4.98 Å². The van der Waals surface area contributed by atoms with E-state index in [4.69, 9.17) is 4.98 Å². The number of Topliss-reactive ketones (excluding diaryl/α,β-unsaturated/α-hetero) is 1. The van der Waals surface area contributed by atoms with E-state index in [9.17, 15) is 14.7 Å². The van der Waals surface area contributed by atoms with Gasteiger partial charge in [0.05, 0.1) is 21.8 Å². The molecule has 1 saturated heterocycles. The third-order valence-electron chi connectivity index (χ3n) is 5.70. The lowest BCUT2D eigenvalue weighted by Gasteiger charge is -2.23. The topological polar surface area (TPSA) is 70.5 Å². The molecule has 164 valence electrons. The van der Waals surface area contributed by atoms with Crippen molar-refractivity contribution in [3.8, 4) is 0 Å². The monoisotopic (exact) mass is 518 g/mol. The third-order valence-corrected chi connectivity index (χ3v) is 7.23. The number of aromatic nitrogens is 1. The Labute approximate surface area is 203 Å². The first-order valence-electron chi connectivity index (χ1n) is 10.3. The number of ketones is 1. The van der Waals surface area contributed by atoms with Crippen LogP contribution in [0.1, 0.15) is 28.3 Å². The number of hydrogen-bond donors (Lipinski definition) is 1. The summed E-state index contributed by atoms with van der Waals surface area (Å²) in [6.07, 6.45) is 0. The van der Waals surface area contributed by atoms with E-state index in [-0.39, 0.29) is 11.3 Å². The molecule has 0 aliphatic carbocycles. The molecule has 4 aromatic rings. The molecule has 1 atom stereocenters. The van der Waals surface area contributed by atoms with Crippen molar-refractivity contribution in [3.05, 3.63) is 99.0 Å². The number of hydrogen-bond acceptors (Lipinski definition) is 5. The molecule has 0 spiro atoms. The van der Waals surface area contributed by atoms with Crippen LogP contribution in [0.3, 0.4) is 0 Å². The standard InChI is InChI=1S/C26H19BrN2O3S/c1-14-12-15(2)21-19(13-14)33-26(28-21)29-22(16-8-10-18(27)11-9-16)20(24(31)25(29)32)23(30)17-6-4-3-5-7-17/h3-13,22,30H,1-2H3/t22-/m1/s1. The number of aliphatic hydroxyl groups is 1. The molecule has 7 heteroatoms. The zero-order chi connectivity index (χ0) is 23.3. The predicted molar refractivity (Wildman–Crippen MR) is 134 cm³/mol. The Hall–Kier alpha value is -3.29. The second-order valence-electron chi connectivity index (χ2n) is 8.01. The van der Waals surface area contributed by atoms with Crippen LogP contribution in [-0.2, 0) is 9.59 Å². The molecular weight excluding hydrogens is 500 g/mol. The first-order valence-corrected chi connectivity index (χ1v) is 12.0. The minimum atomic E-state index is -0.791. The van der Waals surface area contributed by atoms with Crippen molar-refractivity contribution in [1.29, 1.82) is 0 Å². The molecule has 3 aromatic carbocycles. The summed E-state index contributed by atoms with van der Waals surface area (Å²) < 4.78 is 1.82. The fraction of sp³-hybridized carbons (Fsp3) is 0.115. The van der Waals surface area contributed by atoms with Gasteiger partial charge in [-0.05, 0) is 48.7 Å². The fourth-order valence-electron chi connectivity index (χ4n) is 4.20. The molecule has 1 N–H and O–H groups in total. The molecule has 1 aliphatic heterocycles. The summed E-state index contributed by atoms with van der Waals surface area (Å²) in [5.74, 6) is -1.62. The van der Waals surface area contributed by atoms with Crippen molar-refractivity contribution >= 4 is 60.1 Å². The van der Waals surface area contributed by atoms with Crippen LogP contribution in [-0.4, -0.2) is 21.8 Å². The summed E-state index contributed by atoms with van der Waals surface area (Å²) in [7, 11) is 0. The van der Waals surface area contributed by atoms with Crippen LogP contribution in [0.2, 0.25) is 0 Å². The number of halogens is 1. The van der Waals surface area contributed by atoms with Crippen LogP contribution in [0.4, 0.5) is 5.13 Å². The first-order chi connectivity index (χ1) is 15.8. The average Bonchev–Trinajstić information content (AvgIpc) is 3.33. The summed E-state index contributed by atoms with van der Waals surface area (Å²) in [5.41, 5.74) is 4.16. The predicted octanol–water partition coefficient (Wildman–Crippen LogP) is 6.30. The lowest BCUT2D eigenvalue weighted by atomic mass is 9.95. The smallest absolute Gasteiger partial charge is 0.301 e. The molecule has 5 rings (SSSR count). The van der Waals surface area contributed by atoms with Crippen molar-refractivity contribution in [3.63, 3.8) is 0 Å². The Balaban J connectivity index is 1.75. The SMILES string of the molecule is Cc1cc(C)c2nc(N3C(=O)C(=O)C(=C(O)c4ccccc4)[C@H]3c3ccc(Br)cc3)sc2c1. The molecule has 1 aliphatic rings. The number of carbonyl (C=O) groups excluding carboxylic acids is 2. The van der Waals surface area contributed by atoms with E-state index < -0.39 is 17.7 Å². The number of amides is 1. The molecule has 1 amide bonds. The summed E-state index contributed by atoms with van der Waals surface area (Å²) in [6, 6.07) is 19.5. The molecule has 0 bridgehead atoms. The average molecular weight is 519 g/mol. The molecule has 5 nitrogen and oxygen atoms in total. The van der Waals surface area contributed by atoms with E-state index >= 15 is 0 Å². The van der Waals surface area contributed by atoms with Gasteiger partial charge in [-0.25, -0.2) is 4.98 Å².